The van der Waals surface area contributed by atoms with E-state index in [2.05, 4.69) is 5.43 Å². The van der Waals surface area contributed by atoms with Crippen LogP contribution in [0, 0.1) is 10.1 Å². The molecular weight excluding hydrogens is 230 g/mol. The number of rotatable bonds is 3. The second-order valence-corrected chi connectivity index (χ2v) is 3.45. The Morgan fingerprint density at radius 2 is 2.47 bits per heavy atom. The maximum Gasteiger partial charge on any atom is 0.307 e. The lowest BCUT2D eigenvalue weighted by molar-refractivity contribution is -0.562. The summed E-state index contributed by atoms with van der Waals surface area (Å²) in [5.74, 6) is -0.401. The van der Waals surface area contributed by atoms with Gasteiger partial charge in [0.1, 0.15) is 6.61 Å². The van der Waals surface area contributed by atoms with Crippen molar-refractivity contribution in [2.24, 2.45) is 0 Å². The van der Waals surface area contributed by atoms with Gasteiger partial charge in [0, 0.05) is 11.5 Å². The Bertz CT molecular complexity index is 405. The van der Waals surface area contributed by atoms with E-state index in [1.54, 1.807) is 6.07 Å². The van der Waals surface area contributed by atoms with Crippen LogP contribution in [0.3, 0.4) is 0 Å². The molecule has 0 spiro atoms. The molecule has 17 heavy (non-hydrogen) atoms. The van der Waals surface area contributed by atoms with Crippen LogP contribution in [0.4, 0.5) is 0 Å². The average molecular weight is 241 g/mol. The van der Waals surface area contributed by atoms with Gasteiger partial charge in [-0.2, -0.15) is 0 Å². The SMILES string of the molecule is O=C(NN1CCOCC1[N+](=O)[O-])c1ccco1. The molecule has 8 heteroatoms. The van der Waals surface area contributed by atoms with Crippen LogP contribution in [-0.2, 0) is 4.74 Å². The number of nitrogens with zero attached hydrogens (tertiary/aromatic N) is 2. The maximum absolute atomic E-state index is 11.6. The number of hydrazine groups is 1. The van der Waals surface area contributed by atoms with Crippen molar-refractivity contribution in [2.45, 2.75) is 6.17 Å². The third-order valence-electron chi connectivity index (χ3n) is 2.34. The molecule has 1 aromatic rings. The normalized spacial score (nSPS) is 21.1. The van der Waals surface area contributed by atoms with Crippen molar-refractivity contribution in [3.63, 3.8) is 0 Å². The average Bonchev–Trinajstić information content (AvgIpc) is 2.83. The fourth-order valence-electron chi connectivity index (χ4n) is 1.49. The third kappa shape index (κ3) is 2.60. The molecule has 2 heterocycles. The number of ether oxygens (including phenoxy) is 1. The standard InChI is InChI=1S/C9H11N3O5/c13-9(7-2-1-4-17-7)10-11-3-5-16-6-8(11)12(14)15/h1-2,4,8H,3,5-6H2,(H,10,13). The van der Waals surface area contributed by atoms with Crippen LogP contribution in [-0.4, -0.2) is 41.8 Å². The lowest BCUT2D eigenvalue weighted by Gasteiger charge is -2.29. The first-order valence-corrected chi connectivity index (χ1v) is 5.01. The lowest BCUT2D eigenvalue weighted by atomic mass is 10.4. The Morgan fingerprint density at radius 3 is 3.12 bits per heavy atom. The van der Waals surface area contributed by atoms with Crippen LogP contribution in [0.15, 0.2) is 22.8 Å². The molecule has 2 rings (SSSR count). The van der Waals surface area contributed by atoms with E-state index in [9.17, 15) is 14.9 Å². The number of morpholine rings is 1. The van der Waals surface area contributed by atoms with Crippen molar-refractivity contribution < 1.29 is 18.9 Å². The molecule has 8 nitrogen and oxygen atoms in total. The Hall–Kier alpha value is -1.93. The number of hydrogen-bond acceptors (Lipinski definition) is 6. The Labute approximate surface area is 96.3 Å². The molecule has 0 bridgehead atoms. The minimum atomic E-state index is -1.07. The first-order valence-electron chi connectivity index (χ1n) is 5.01. The molecule has 92 valence electrons. The lowest BCUT2D eigenvalue weighted by Crippen LogP contribution is -2.57. The van der Waals surface area contributed by atoms with E-state index in [0.29, 0.717) is 6.61 Å². The molecule has 1 unspecified atom stereocenters. The van der Waals surface area contributed by atoms with Crippen molar-refractivity contribution in [1.29, 1.82) is 0 Å². The van der Waals surface area contributed by atoms with Gasteiger partial charge in [0.05, 0.1) is 12.9 Å². The van der Waals surface area contributed by atoms with Crippen molar-refractivity contribution in [3.05, 3.63) is 34.3 Å². The maximum atomic E-state index is 11.6. The van der Waals surface area contributed by atoms with Crippen LogP contribution in [0.5, 0.6) is 0 Å². The summed E-state index contributed by atoms with van der Waals surface area (Å²) in [6.07, 6.45) is 0.293. The number of amides is 1. The van der Waals surface area contributed by atoms with Gasteiger partial charge in [-0.05, 0) is 12.1 Å². The monoisotopic (exact) mass is 241 g/mol. The molecule has 1 saturated heterocycles. The summed E-state index contributed by atoms with van der Waals surface area (Å²) in [4.78, 5) is 21.9. The highest BCUT2D eigenvalue weighted by molar-refractivity contribution is 5.90. The number of nitrogens with one attached hydrogen (secondary N) is 1. The van der Waals surface area contributed by atoms with Gasteiger partial charge < -0.3 is 9.15 Å². The Balaban J connectivity index is 2.01. The van der Waals surface area contributed by atoms with Gasteiger partial charge in [-0.25, -0.2) is 0 Å². The molecule has 0 aliphatic carbocycles. The van der Waals surface area contributed by atoms with E-state index >= 15 is 0 Å². The molecule has 1 fully saturated rings. The van der Waals surface area contributed by atoms with E-state index in [0.717, 1.165) is 0 Å². The molecule has 1 atom stereocenters. The molecule has 1 amide bonds. The number of hydrogen-bond donors (Lipinski definition) is 1. The van der Waals surface area contributed by atoms with Gasteiger partial charge in [-0.15, -0.1) is 5.01 Å². The highest BCUT2D eigenvalue weighted by Crippen LogP contribution is 2.06. The van der Waals surface area contributed by atoms with Crippen LogP contribution in [0.2, 0.25) is 0 Å². The minimum Gasteiger partial charge on any atom is -0.459 e. The highest BCUT2D eigenvalue weighted by atomic mass is 16.6. The van der Waals surface area contributed by atoms with Crippen LogP contribution in [0.25, 0.3) is 0 Å². The van der Waals surface area contributed by atoms with Gasteiger partial charge in [-0.1, -0.05) is 0 Å². The Morgan fingerprint density at radius 1 is 1.65 bits per heavy atom. The van der Waals surface area contributed by atoms with E-state index in [1.165, 1.54) is 17.3 Å². The first-order chi connectivity index (χ1) is 8.18. The highest BCUT2D eigenvalue weighted by Gasteiger charge is 2.33. The number of nitro groups is 1. The second-order valence-electron chi connectivity index (χ2n) is 3.45. The summed E-state index contributed by atoms with van der Waals surface area (Å²) in [6, 6.07) is 3.05. The topological polar surface area (TPSA) is 97.9 Å². The van der Waals surface area contributed by atoms with Crippen molar-refractivity contribution in [2.75, 3.05) is 19.8 Å². The van der Waals surface area contributed by atoms with Gasteiger partial charge in [0.25, 0.3) is 0 Å². The molecule has 0 saturated carbocycles. The quantitative estimate of drug-likeness (QED) is 0.584. The molecule has 1 aromatic heterocycles. The fraction of sp³-hybridized carbons (Fsp3) is 0.444. The predicted molar refractivity (Wildman–Crippen MR) is 54.5 cm³/mol. The summed E-state index contributed by atoms with van der Waals surface area (Å²) in [5, 5.41) is 12.0. The van der Waals surface area contributed by atoms with Crippen molar-refractivity contribution >= 4 is 5.91 Å². The zero-order valence-corrected chi connectivity index (χ0v) is 8.87. The predicted octanol–water partition coefficient (Wildman–Crippen LogP) is -0.141. The minimum absolute atomic E-state index is 0.0502. The summed E-state index contributed by atoms with van der Waals surface area (Å²) >= 11 is 0. The van der Waals surface area contributed by atoms with E-state index in [-0.39, 0.29) is 18.9 Å². The van der Waals surface area contributed by atoms with Gasteiger partial charge in [0.15, 0.2) is 5.76 Å². The first kappa shape index (κ1) is 11.6. The second kappa shape index (κ2) is 4.93. The fourth-order valence-corrected chi connectivity index (χ4v) is 1.49. The van der Waals surface area contributed by atoms with Gasteiger partial charge >= 0.3 is 12.1 Å². The van der Waals surface area contributed by atoms with E-state index in [4.69, 9.17) is 9.15 Å². The molecule has 1 aliphatic heterocycles. The van der Waals surface area contributed by atoms with Crippen molar-refractivity contribution in [1.82, 2.24) is 10.4 Å². The smallest absolute Gasteiger partial charge is 0.307 e. The number of furan rings is 1. The molecule has 0 radical (unpaired) electrons. The molecule has 0 aromatic carbocycles. The van der Waals surface area contributed by atoms with E-state index in [1.807, 2.05) is 0 Å². The van der Waals surface area contributed by atoms with Gasteiger partial charge in [-0.3, -0.25) is 20.3 Å². The molecular formula is C9H11N3O5. The Kier molecular flexibility index (Phi) is 3.35. The molecule has 1 N–H and O–H groups in total. The number of carbonyl (C=O) groups excluding carboxylic acids is 1. The summed E-state index contributed by atoms with van der Waals surface area (Å²) in [5.41, 5.74) is 2.43. The summed E-state index contributed by atoms with van der Waals surface area (Å²) in [6.45, 7) is 0.548. The zero-order chi connectivity index (χ0) is 12.3. The van der Waals surface area contributed by atoms with Crippen LogP contribution >= 0.6 is 0 Å². The number of carbonyl (C=O) groups is 1. The van der Waals surface area contributed by atoms with Gasteiger partial charge in [0.2, 0.25) is 0 Å². The van der Waals surface area contributed by atoms with Crippen molar-refractivity contribution in [3.8, 4) is 0 Å². The molecule has 1 aliphatic rings. The van der Waals surface area contributed by atoms with Crippen LogP contribution < -0.4 is 5.43 Å². The largest absolute Gasteiger partial charge is 0.459 e. The summed E-state index contributed by atoms with van der Waals surface area (Å²) in [7, 11) is 0. The summed E-state index contributed by atoms with van der Waals surface area (Å²) < 4.78 is 9.88. The van der Waals surface area contributed by atoms with E-state index < -0.39 is 17.0 Å². The zero-order valence-electron chi connectivity index (χ0n) is 8.87. The van der Waals surface area contributed by atoms with Crippen LogP contribution in [0.1, 0.15) is 10.6 Å². The third-order valence-corrected chi connectivity index (χ3v) is 2.34.